The first-order chi connectivity index (χ1) is 8.23. The van der Waals surface area contributed by atoms with Gasteiger partial charge < -0.3 is 19.3 Å². The molecule has 0 aliphatic carbocycles. The number of hydrogen-bond acceptors (Lipinski definition) is 6. The van der Waals surface area contributed by atoms with Crippen molar-refractivity contribution < 1.29 is 28.9 Å². The maximum Gasteiger partial charge on any atom is 0.427 e. The Kier molecular flexibility index (Phi) is 4.49. The monoisotopic (exact) mass is 262 g/mol. The summed E-state index contributed by atoms with van der Waals surface area (Å²) in [5.41, 5.74) is 0. The number of aliphatic carboxylic acids is 1. The van der Waals surface area contributed by atoms with Gasteiger partial charge in [0.05, 0.1) is 6.61 Å². The van der Waals surface area contributed by atoms with Gasteiger partial charge in [0, 0.05) is 14.1 Å². The van der Waals surface area contributed by atoms with E-state index in [4.69, 9.17) is 14.6 Å². The molecule has 0 aromatic heterocycles. The molecule has 0 spiro atoms. The van der Waals surface area contributed by atoms with Gasteiger partial charge in [0.15, 0.2) is 18.6 Å². The highest BCUT2D eigenvalue weighted by molar-refractivity contribution is 5.74. The molecule has 0 aromatic rings. The molecule has 1 N–H and O–H groups in total. The maximum atomic E-state index is 11.8. The summed E-state index contributed by atoms with van der Waals surface area (Å²) in [5.74, 6) is -2.00. The number of rotatable bonds is 4. The SMILES string of the molecule is CN(C)N(C(=O)OCC(=O)O)C1COC(C)(C)O1. The lowest BCUT2D eigenvalue weighted by Gasteiger charge is -2.32. The topological polar surface area (TPSA) is 88.5 Å². The summed E-state index contributed by atoms with van der Waals surface area (Å²) in [5, 5.41) is 11.1. The summed E-state index contributed by atoms with van der Waals surface area (Å²) < 4.78 is 15.5. The Balaban J connectivity index is 2.66. The van der Waals surface area contributed by atoms with Gasteiger partial charge in [-0.05, 0) is 13.8 Å². The second kappa shape index (κ2) is 5.51. The molecule has 1 amide bonds. The molecule has 1 heterocycles. The first kappa shape index (κ1) is 14.7. The van der Waals surface area contributed by atoms with Crippen molar-refractivity contribution in [2.45, 2.75) is 25.9 Å². The van der Waals surface area contributed by atoms with Crippen LogP contribution in [0.3, 0.4) is 0 Å². The second-order valence-electron chi connectivity index (χ2n) is 4.42. The van der Waals surface area contributed by atoms with Crippen molar-refractivity contribution in [1.29, 1.82) is 0 Å². The lowest BCUT2D eigenvalue weighted by atomic mass is 10.4. The largest absolute Gasteiger partial charge is 0.479 e. The van der Waals surface area contributed by atoms with E-state index in [9.17, 15) is 9.59 Å². The quantitative estimate of drug-likeness (QED) is 0.718. The van der Waals surface area contributed by atoms with Crippen LogP contribution in [0.15, 0.2) is 0 Å². The zero-order valence-electron chi connectivity index (χ0n) is 10.9. The summed E-state index contributed by atoms with van der Waals surface area (Å²) in [6, 6.07) is 0. The van der Waals surface area contributed by atoms with Crippen molar-refractivity contribution in [2.75, 3.05) is 27.3 Å². The molecule has 1 rings (SSSR count). The van der Waals surface area contributed by atoms with Crippen LogP contribution in [0, 0.1) is 0 Å². The Morgan fingerprint density at radius 1 is 1.44 bits per heavy atom. The number of carboxylic acids is 1. The predicted molar refractivity (Wildman–Crippen MR) is 59.4 cm³/mol. The number of ether oxygens (including phenoxy) is 3. The van der Waals surface area contributed by atoms with E-state index >= 15 is 0 Å². The first-order valence-corrected chi connectivity index (χ1v) is 5.40. The summed E-state index contributed by atoms with van der Waals surface area (Å²) in [4.78, 5) is 22.1. The zero-order chi connectivity index (χ0) is 13.9. The number of amides is 1. The minimum Gasteiger partial charge on any atom is -0.479 e. The first-order valence-electron chi connectivity index (χ1n) is 5.40. The normalized spacial score (nSPS) is 21.9. The van der Waals surface area contributed by atoms with Crippen LogP contribution in [0.25, 0.3) is 0 Å². The molecule has 8 heteroatoms. The van der Waals surface area contributed by atoms with Gasteiger partial charge in [0.25, 0.3) is 0 Å². The Morgan fingerprint density at radius 3 is 2.44 bits per heavy atom. The van der Waals surface area contributed by atoms with Crippen LogP contribution >= 0.6 is 0 Å². The molecular weight excluding hydrogens is 244 g/mol. The molecule has 1 unspecified atom stereocenters. The third-order valence-electron chi connectivity index (χ3n) is 2.20. The molecule has 0 saturated carbocycles. The van der Waals surface area contributed by atoms with Gasteiger partial charge in [-0.1, -0.05) is 0 Å². The number of carbonyl (C=O) groups is 2. The van der Waals surface area contributed by atoms with Gasteiger partial charge in [0.2, 0.25) is 0 Å². The van der Waals surface area contributed by atoms with Gasteiger partial charge >= 0.3 is 12.1 Å². The van der Waals surface area contributed by atoms with Crippen molar-refractivity contribution in [3.8, 4) is 0 Å². The third-order valence-corrected chi connectivity index (χ3v) is 2.20. The van der Waals surface area contributed by atoms with Crippen molar-refractivity contribution in [3.63, 3.8) is 0 Å². The molecule has 1 atom stereocenters. The lowest BCUT2D eigenvalue weighted by Crippen LogP contribution is -2.50. The van der Waals surface area contributed by atoms with Crippen molar-refractivity contribution in [2.24, 2.45) is 0 Å². The number of nitrogens with zero attached hydrogens (tertiary/aromatic N) is 2. The van der Waals surface area contributed by atoms with E-state index in [1.54, 1.807) is 27.9 Å². The molecule has 8 nitrogen and oxygen atoms in total. The van der Waals surface area contributed by atoms with Crippen LogP contribution in [0.2, 0.25) is 0 Å². The molecular formula is C10H18N2O6. The van der Waals surface area contributed by atoms with Gasteiger partial charge in [-0.25, -0.2) is 19.6 Å². The fourth-order valence-electron chi connectivity index (χ4n) is 1.52. The van der Waals surface area contributed by atoms with Gasteiger partial charge in [-0.15, -0.1) is 0 Å². The number of carbonyl (C=O) groups excluding carboxylic acids is 1. The Bertz CT molecular complexity index is 330. The predicted octanol–water partition coefficient (Wildman–Crippen LogP) is 0.0952. The van der Waals surface area contributed by atoms with Crippen LogP contribution in [0.5, 0.6) is 0 Å². The van der Waals surface area contributed by atoms with Gasteiger partial charge in [-0.3, -0.25) is 0 Å². The Morgan fingerprint density at radius 2 is 2.06 bits per heavy atom. The van der Waals surface area contributed by atoms with Gasteiger partial charge in [0.1, 0.15) is 0 Å². The molecule has 1 fully saturated rings. The highest BCUT2D eigenvalue weighted by atomic mass is 16.8. The smallest absolute Gasteiger partial charge is 0.427 e. The van der Waals surface area contributed by atoms with Crippen LogP contribution < -0.4 is 0 Å². The molecule has 104 valence electrons. The van der Waals surface area contributed by atoms with Crippen molar-refractivity contribution >= 4 is 12.1 Å². The summed E-state index contributed by atoms with van der Waals surface area (Å²) in [7, 11) is 3.24. The average molecular weight is 262 g/mol. The summed E-state index contributed by atoms with van der Waals surface area (Å²) in [6.07, 6.45) is -1.44. The fraction of sp³-hybridized carbons (Fsp3) is 0.800. The molecule has 0 radical (unpaired) electrons. The lowest BCUT2D eigenvalue weighted by molar-refractivity contribution is -0.179. The Labute approximate surface area is 105 Å². The highest BCUT2D eigenvalue weighted by Gasteiger charge is 2.40. The minimum absolute atomic E-state index is 0.188. The number of hydrogen-bond donors (Lipinski definition) is 1. The van der Waals surface area contributed by atoms with E-state index < -0.39 is 30.7 Å². The second-order valence-corrected chi connectivity index (χ2v) is 4.42. The van der Waals surface area contributed by atoms with E-state index in [-0.39, 0.29) is 6.61 Å². The van der Waals surface area contributed by atoms with Crippen molar-refractivity contribution in [1.82, 2.24) is 10.0 Å². The molecule has 0 bridgehead atoms. The molecule has 0 aromatic carbocycles. The van der Waals surface area contributed by atoms with Crippen LogP contribution in [-0.2, 0) is 19.0 Å². The number of carboxylic acid groups (broad SMARTS) is 1. The molecule has 18 heavy (non-hydrogen) atoms. The molecule has 1 saturated heterocycles. The van der Waals surface area contributed by atoms with Crippen LogP contribution in [0.4, 0.5) is 4.79 Å². The fourth-order valence-corrected chi connectivity index (χ4v) is 1.52. The van der Waals surface area contributed by atoms with Crippen molar-refractivity contribution in [3.05, 3.63) is 0 Å². The van der Waals surface area contributed by atoms with Crippen LogP contribution in [0.1, 0.15) is 13.8 Å². The molecule has 1 aliphatic heterocycles. The van der Waals surface area contributed by atoms with E-state index in [2.05, 4.69) is 4.74 Å². The standard InChI is InChI=1S/C10H18N2O6/c1-10(2)17-5-7(18-10)12(11(3)4)9(15)16-6-8(13)14/h7H,5-6H2,1-4H3,(H,13,14). The zero-order valence-corrected chi connectivity index (χ0v) is 10.9. The van der Waals surface area contributed by atoms with E-state index in [0.717, 1.165) is 5.01 Å². The van der Waals surface area contributed by atoms with E-state index in [0.29, 0.717) is 0 Å². The van der Waals surface area contributed by atoms with E-state index in [1.165, 1.54) is 5.01 Å². The summed E-state index contributed by atoms with van der Waals surface area (Å²) in [6.45, 7) is 2.94. The van der Waals surface area contributed by atoms with Gasteiger partial charge in [-0.2, -0.15) is 0 Å². The van der Waals surface area contributed by atoms with Crippen LogP contribution in [-0.4, -0.2) is 66.5 Å². The maximum absolute atomic E-state index is 11.8. The summed E-state index contributed by atoms with van der Waals surface area (Å²) >= 11 is 0. The number of hydrazine groups is 1. The average Bonchev–Trinajstić information content (AvgIpc) is 2.55. The van der Waals surface area contributed by atoms with E-state index in [1.807, 2.05) is 0 Å². The third kappa shape index (κ3) is 3.83. The Hall–Kier alpha value is -1.38. The highest BCUT2D eigenvalue weighted by Crippen LogP contribution is 2.25. The minimum atomic E-state index is -1.22. The molecule has 1 aliphatic rings.